The van der Waals surface area contributed by atoms with E-state index in [2.05, 4.69) is 5.32 Å². The highest BCUT2D eigenvalue weighted by molar-refractivity contribution is 5.77. The molecule has 0 radical (unpaired) electrons. The summed E-state index contributed by atoms with van der Waals surface area (Å²) in [6.45, 7) is 4.18. The van der Waals surface area contributed by atoms with Gasteiger partial charge in [0.2, 0.25) is 0 Å². The third-order valence-electron chi connectivity index (χ3n) is 4.28. The molecule has 1 fully saturated rings. The first-order valence-electron chi connectivity index (χ1n) is 8.14. The van der Waals surface area contributed by atoms with Crippen LogP contribution >= 0.6 is 0 Å². The van der Waals surface area contributed by atoms with Crippen molar-refractivity contribution in [2.45, 2.75) is 45.1 Å². The molecule has 1 aliphatic heterocycles. The van der Waals surface area contributed by atoms with Crippen LogP contribution in [0.2, 0.25) is 0 Å². The van der Waals surface area contributed by atoms with E-state index in [1.807, 2.05) is 0 Å². The van der Waals surface area contributed by atoms with Crippen molar-refractivity contribution >= 4 is 5.91 Å². The maximum absolute atomic E-state index is 13.7. The van der Waals surface area contributed by atoms with E-state index in [9.17, 15) is 13.6 Å². The molecule has 1 saturated heterocycles. The number of amides is 1. The van der Waals surface area contributed by atoms with E-state index in [1.54, 1.807) is 6.92 Å². The van der Waals surface area contributed by atoms with Gasteiger partial charge in [0.05, 0.1) is 19.1 Å². The third-order valence-corrected chi connectivity index (χ3v) is 4.28. The molecule has 1 aromatic rings. The first kappa shape index (κ1) is 16.9. The van der Waals surface area contributed by atoms with Crippen LogP contribution in [0.25, 0.3) is 0 Å². The Hall–Kier alpha value is -1.49. The zero-order chi connectivity index (χ0) is 15.9. The van der Waals surface area contributed by atoms with Gasteiger partial charge in [-0.15, -0.1) is 0 Å². The van der Waals surface area contributed by atoms with Crippen LogP contribution in [0.1, 0.15) is 50.6 Å². The van der Waals surface area contributed by atoms with Crippen molar-refractivity contribution in [1.82, 2.24) is 5.32 Å². The maximum Gasteiger partial charge on any atom is 0.275 e. The average molecular weight is 311 g/mol. The Bertz CT molecular complexity index is 499. The zero-order valence-electron chi connectivity index (χ0n) is 13.1. The minimum Gasteiger partial charge on any atom is -0.345 e. The number of carbonyl (C=O) groups excluding carboxylic acids is 1. The summed E-state index contributed by atoms with van der Waals surface area (Å²) in [5.74, 6) is -1.30. The van der Waals surface area contributed by atoms with Crippen LogP contribution in [-0.4, -0.2) is 25.5 Å². The lowest BCUT2D eigenvalue weighted by Crippen LogP contribution is -3.13. The first-order chi connectivity index (χ1) is 10.6. The SMILES string of the molecule is C[C@@H](NC(=O)C[NH+]1CCCCCCC1)c1ccc(F)cc1F. The molecule has 2 N–H and O–H groups in total. The number of halogens is 2. The van der Waals surface area contributed by atoms with E-state index < -0.39 is 17.7 Å². The molecule has 122 valence electrons. The summed E-state index contributed by atoms with van der Waals surface area (Å²) >= 11 is 0. The van der Waals surface area contributed by atoms with Gasteiger partial charge >= 0.3 is 0 Å². The van der Waals surface area contributed by atoms with Crippen molar-refractivity contribution < 1.29 is 18.5 Å². The molecule has 22 heavy (non-hydrogen) atoms. The second-order valence-corrected chi connectivity index (χ2v) is 6.15. The third kappa shape index (κ3) is 5.05. The number of carbonyl (C=O) groups is 1. The Morgan fingerprint density at radius 2 is 1.82 bits per heavy atom. The fourth-order valence-corrected chi connectivity index (χ4v) is 3.03. The van der Waals surface area contributed by atoms with Gasteiger partial charge < -0.3 is 10.2 Å². The molecular formula is C17H25F2N2O+. The van der Waals surface area contributed by atoms with Gasteiger partial charge in [0.1, 0.15) is 11.6 Å². The maximum atomic E-state index is 13.7. The molecule has 0 spiro atoms. The Kier molecular flexibility index (Phi) is 6.31. The molecule has 0 aromatic heterocycles. The predicted octanol–water partition coefficient (Wildman–Crippen LogP) is 1.99. The van der Waals surface area contributed by atoms with Crippen molar-refractivity contribution in [3.63, 3.8) is 0 Å². The Morgan fingerprint density at radius 1 is 1.18 bits per heavy atom. The molecule has 2 rings (SSSR count). The highest BCUT2D eigenvalue weighted by atomic mass is 19.1. The van der Waals surface area contributed by atoms with E-state index in [0.717, 1.165) is 32.0 Å². The molecule has 0 saturated carbocycles. The van der Waals surface area contributed by atoms with Crippen LogP contribution < -0.4 is 10.2 Å². The Morgan fingerprint density at radius 3 is 2.45 bits per heavy atom. The van der Waals surface area contributed by atoms with Crippen molar-refractivity contribution in [2.75, 3.05) is 19.6 Å². The summed E-state index contributed by atoms with van der Waals surface area (Å²) in [4.78, 5) is 13.4. The molecule has 5 heteroatoms. The lowest BCUT2D eigenvalue weighted by molar-refractivity contribution is -0.893. The molecule has 1 aliphatic rings. The second kappa shape index (κ2) is 8.22. The van der Waals surface area contributed by atoms with E-state index in [0.29, 0.717) is 12.1 Å². The van der Waals surface area contributed by atoms with Crippen LogP contribution in [-0.2, 0) is 4.79 Å². The number of benzene rings is 1. The highest BCUT2D eigenvalue weighted by Gasteiger charge is 2.19. The van der Waals surface area contributed by atoms with Crippen LogP contribution in [0.4, 0.5) is 8.78 Å². The average Bonchev–Trinajstić information content (AvgIpc) is 2.41. The first-order valence-corrected chi connectivity index (χ1v) is 8.14. The predicted molar refractivity (Wildman–Crippen MR) is 81.6 cm³/mol. The van der Waals surface area contributed by atoms with E-state index in [4.69, 9.17) is 0 Å². The lowest BCUT2D eigenvalue weighted by Gasteiger charge is -2.22. The molecule has 1 aromatic carbocycles. The lowest BCUT2D eigenvalue weighted by atomic mass is 10.1. The molecular weight excluding hydrogens is 286 g/mol. The number of rotatable bonds is 4. The Balaban J connectivity index is 1.87. The standard InChI is InChI=1S/C17H24F2N2O/c1-13(15-8-7-14(18)11-16(15)19)20-17(22)12-21-9-5-3-2-4-6-10-21/h7-8,11,13H,2-6,9-10,12H2,1H3,(H,20,22)/p+1/t13-/m1/s1. The molecule has 0 unspecified atom stereocenters. The number of hydrogen-bond donors (Lipinski definition) is 2. The molecule has 1 amide bonds. The van der Waals surface area contributed by atoms with E-state index >= 15 is 0 Å². The van der Waals surface area contributed by atoms with Crippen molar-refractivity contribution in [3.8, 4) is 0 Å². The number of quaternary nitrogens is 1. The summed E-state index contributed by atoms with van der Waals surface area (Å²) in [6.07, 6.45) is 6.08. The number of hydrogen-bond acceptors (Lipinski definition) is 1. The van der Waals surface area contributed by atoms with Crippen molar-refractivity contribution in [3.05, 3.63) is 35.4 Å². The van der Waals surface area contributed by atoms with Crippen molar-refractivity contribution in [1.29, 1.82) is 0 Å². The second-order valence-electron chi connectivity index (χ2n) is 6.15. The van der Waals surface area contributed by atoms with Crippen LogP contribution in [0.15, 0.2) is 18.2 Å². The van der Waals surface area contributed by atoms with Crippen LogP contribution in [0, 0.1) is 11.6 Å². The number of likely N-dealkylation sites (tertiary alicyclic amines) is 1. The van der Waals surface area contributed by atoms with Gasteiger partial charge in [-0.2, -0.15) is 0 Å². The van der Waals surface area contributed by atoms with Crippen LogP contribution in [0.5, 0.6) is 0 Å². The summed E-state index contributed by atoms with van der Waals surface area (Å²) in [7, 11) is 0. The molecule has 3 nitrogen and oxygen atoms in total. The quantitative estimate of drug-likeness (QED) is 0.876. The minimum atomic E-state index is -0.619. The molecule has 1 heterocycles. The normalized spacial score (nSPS) is 18.3. The minimum absolute atomic E-state index is 0.0770. The topological polar surface area (TPSA) is 33.5 Å². The van der Waals surface area contributed by atoms with Gasteiger partial charge in [-0.1, -0.05) is 12.5 Å². The van der Waals surface area contributed by atoms with Gasteiger partial charge in [0.15, 0.2) is 6.54 Å². The fraction of sp³-hybridized carbons (Fsp3) is 0.588. The Labute approximate surface area is 130 Å². The largest absolute Gasteiger partial charge is 0.345 e. The van der Waals surface area contributed by atoms with Crippen LogP contribution in [0.3, 0.4) is 0 Å². The number of nitrogens with one attached hydrogen (secondary N) is 2. The van der Waals surface area contributed by atoms with Gasteiger partial charge in [-0.3, -0.25) is 4.79 Å². The van der Waals surface area contributed by atoms with Gasteiger partial charge in [-0.25, -0.2) is 8.78 Å². The van der Waals surface area contributed by atoms with Gasteiger partial charge in [0.25, 0.3) is 5.91 Å². The van der Waals surface area contributed by atoms with E-state index in [1.165, 1.54) is 36.3 Å². The smallest absolute Gasteiger partial charge is 0.275 e. The van der Waals surface area contributed by atoms with Gasteiger partial charge in [-0.05, 0) is 38.7 Å². The summed E-state index contributed by atoms with van der Waals surface area (Å²) in [6, 6.07) is 2.99. The molecule has 1 atom stereocenters. The molecule has 0 bridgehead atoms. The van der Waals surface area contributed by atoms with Gasteiger partial charge in [0, 0.05) is 11.6 Å². The van der Waals surface area contributed by atoms with E-state index in [-0.39, 0.29) is 5.91 Å². The zero-order valence-corrected chi connectivity index (χ0v) is 13.1. The summed E-state index contributed by atoms with van der Waals surface area (Å²) < 4.78 is 26.6. The van der Waals surface area contributed by atoms with Crippen molar-refractivity contribution in [2.24, 2.45) is 0 Å². The monoisotopic (exact) mass is 311 g/mol. The molecule has 0 aliphatic carbocycles. The highest BCUT2D eigenvalue weighted by Crippen LogP contribution is 2.17. The summed E-state index contributed by atoms with van der Waals surface area (Å²) in [5.41, 5.74) is 0.317. The summed E-state index contributed by atoms with van der Waals surface area (Å²) in [5, 5.41) is 2.82. The fourth-order valence-electron chi connectivity index (χ4n) is 3.03.